The molecule has 0 saturated carbocycles. The van der Waals surface area contributed by atoms with Gasteiger partial charge in [-0.25, -0.2) is 4.98 Å². The van der Waals surface area contributed by atoms with Gasteiger partial charge in [0.05, 0.1) is 5.69 Å². The lowest BCUT2D eigenvalue weighted by atomic mass is 10.2. The summed E-state index contributed by atoms with van der Waals surface area (Å²) < 4.78 is 2.12. The summed E-state index contributed by atoms with van der Waals surface area (Å²) in [5.74, 6) is 0. The van der Waals surface area contributed by atoms with E-state index in [9.17, 15) is 0 Å². The molecule has 3 aromatic heterocycles. The molecule has 0 amide bonds. The highest BCUT2D eigenvalue weighted by molar-refractivity contribution is 7.10. The van der Waals surface area contributed by atoms with E-state index in [0.717, 1.165) is 12.2 Å². The van der Waals surface area contributed by atoms with Crippen LogP contribution in [0.15, 0.2) is 42.0 Å². The highest BCUT2D eigenvalue weighted by atomic mass is 32.1. The van der Waals surface area contributed by atoms with E-state index < -0.39 is 0 Å². The van der Waals surface area contributed by atoms with Crippen molar-refractivity contribution in [2.75, 3.05) is 7.05 Å². The fourth-order valence-electron chi connectivity index (χ4n) is 1.96. The van der Waals surface area contributed by atoms with Crippen molar-refractivity contribution in [3.05, 3.63) is 46.9 Å². The molecule has 0 fully saturated rings. The number of hydrogen-bond acceptors (Lipinski definition) is 3. The molecule has 3 nitrogen and oxygen atoms in total. The topological polar surface area (TPSA) is 29.3 Å². The summed E-state index contributed by atoms with van der Waals surface area (Å²) in [6.07, 6.45) is 3.83. The predicted octanol–water partition coefficient (Wildman–Crippen LogP) is 2.78. The Morgan fingerprint density at radius 1 is 1.41 bits per heavy atom. The molecule has 0 radical (unpaired) electrons. The number of pyridine rings is 1. The first-order valence-corrected chi connectivity index (χ1v) is 6.41. The summed E-state index contributed by atoms with van der Waals surface area (Å²) in [6.45, 7) is 0.921. The molecule has 4 heteroatoms. The molecule has 0 aliphatic rings. The van der Waals surface area contributed by atoms with Crippen LogP contribution in [0, 0.1) is 0 Å². The van der Waals surface area contributed by atoms with Gasteiger partial charge in [-0.05, 0) is 25.2 Å². The van der Waals surface area contributed by atoms with Crippen LogP contribution in [0.4, 0.5) is 0 Å². The quantitative estimate of drug-likeness (QED) is 0.766. The third-order valence-corrected chi connectivity index (χ3v) is 3.67. The monoisotopic (exact) mass is 243 g/mol. The van der Waals surface area contributed by atoms with Crippen LogP contribution in [0.5, 0.6) is 0 Å². The zero-order chi connectivity index (χ0) is 11.7. The molecule has 3 aromatic rings. The number of nitrogens with zero attached hydrogens (tertiary/aromatic N) is 2. The summed E-state index contributed by atoms with van der Waals surface area (Å²) in [5.41, 5.74) is 3.44. The molecule has 0 saturated heterocycles. The molecular weight excluding hydrogens is 230 g/mol. The van der Waals surface area contributed by atoms with E-state index in [1.54, 1.807) is 11.3 Å². The van der Waals surface area contributed by atoms with E-state index in [1.807, 2.05) is 31.6 Å². The van der Waals surface area contributed by atoms with Crippen LogP contribution < -0.4 is 5.32 Å². The van der Waals surface area contributed by atoms with Crippen LogP contribution in [0.3, 0.4) is 0 Å². The molecule has 0 atom stereocenters. The summed E-state index contributed by atoms with van der Waals surface area (Å²) in [7, 11) is 1.97. The maximum Gasteiger partial charge on any atom is 0.137 e. The Kier molecular flexibility index (Phi) is 2.66. The number of imidazole rings is 1. The Morgan fingerprint density at radius 3 is 3.24 bits per heavy atom. The second kappa shape index (κ2) is 4.31. The zero-order valence-electron chi connectivity index (χ0n) is 9.55. The minimum Gasteiger partial charge on any atom is -0.315 e. The van der Waals surface area contributed by atoms with E-state index in [2.05, 4.69) is 32.2 Å². The second-order valence-corrected chi connectivity index (χ2v) is 4.89. The van der Waals surface area contributed by atoms with Gasteiger partial charge in [0.15, 0.2) is 0 Å². The number of nitrogens with one attached hydrogen (secondary N) is 1. The van der Waals surface area contributed by atoms with Crippen LogP contribution in [0.1, 0.15) is 4.88 Å². The number of rotatable bonds is 3. The van der Waals surface area contributed by atoms with E-state index in [4.69, 9.17) is 0 Å². The minimum absolute atomic E-state index is 0.921. The summed E-state index contributed by atoms with van der Waals surface area (Å²) in [4.78, 5) is 5.65. The van der Waals surface area contributed by atoms with E-state index in [1.165, 1.54) is 16.1 Å². The van der Waals surface area contributed by atoms with Crippen molar-refractivity contribution in [1.82, 2.24) is 14.7 Å². The van der Waals surface area contributed by atoms with Gasteiger partial charge >= 0.3 is 0 Å². The van der Waals surface area contributed by atoms with Crippen molar-refractivity contribution < 1.29 is 0 Å². The molecular formula is C13H13N3S. The van der Waals surface area contributed by atoms with E-state index in [0.29, 0.717) is 0 Å². The first-order chi connectivity index (χ1) is 8.38. The molecule has 3 rings (SSSR count). The number of hydrogen-bond donors (Lipinski definition) is 1. The second-order valence-electron chi connectivity index (χ2n) is 3.90. The first-order valence-electron chi connectivity index (χ1n) is 5.53. The van der Waals surface area contributed by atoms with Crippen molar-refractivity contribution in [2.45, 2.75) is 6.54 Å². The Labute approximate surface area is 104 Å². The lowest BCUT2D eigenvalue weighted by Gasteiger charge is -2.02. The van der Waals surface area contributed by atoms with Crippen LogP contribution >= 0.6 is 11.3 Å². The molecule has 1 N–H and O–H groups in total. The van der Waals surface area contributed by atoms with Crippen LogP contribution in [-0.2, 0) is 6.54 Å². The average molecular weight is 243 g/mol. The summed E-state index contributed by atoms with van der Waals surface area (Å²) in [5, 5.41) is 5.37. The van der Waals surface area contributed by atoms with Crippen molar-refractivity contribution in [2.24, 2.45) is 0 Å². The van der Waals surface area contributed by atoms with Gasteiger partial charge < -0.3 is 5.32 Å². The lowest BCUT2D eigenvalue weighted by molar-refractivity contribution is 0.831. The summed E-state index contributed by atoms with van der Waals surface area (Å²) in [6, 6.07) is 8.42. The Morgan fingerprint density at radius 2 is 2.35 bits per heavy atom. The highest BCUT2D eigenvalue weighted by Gasteiger charge is 2.05. The summed E-state index contributed by atoms with van der Waals surface area (Å²) >= 11 is 1.78. The molecule has 3 heterocycles. The molecule has 86 valence electrons. The van der Waals surface area contributed by atoms with Crippen molar-refractivity contribution in [3.8, 4) is 11.3 Å². The lowest BCUT2D eigenvalue weighted by Crippen LogP contribution is -2.02. The number of thiophene rings is 1. The maximum absolute atomic E-state index is 4.30. The number of aromatic nitrogens is 2. The average Bonchev–Trinajstić information content (AvgIpc) is 2.96. The van der Waals surface area contributed by atoms with Gasteiger partial charge in [-0.15, -0.1) is 11.3 Å². The van der Waals surface area contributed by atoms with Crippen molar-refractivity contribution in [3.63, 3.8) is 0 Å². The predicted molar refractivity (Wildman–Crippen MR) is 71.3 cm³/mol. The molecule has 0 unspecified atom stereocenters. The van der Waals surface area contributed by atoms with Gasteiger partial charge in [0.2, 0.25) is 0 Å². The van der Waals surface area contributed by atoms with Crippen molar-refractivity contribution in [1.29, 1.82) is 0 Å². The van der Waals surface area contributed by atoms with Crippen LogP contribution in [-0.4, -0.2) is 16.4 Å². The zero-order valence-corrected chi connectivity index (χ0v) is 10.4. The van der Waals surface area contributed by atoms with Gasteiger partial charge in [-0.2, -0.15) is 0 Å². The fourth-order valence-corrected chi connectivity index (χ4v) is 2.85. The third kappa shape index (κ3) is 1.85. The largest absolute Gasteiger partial charge is 0.315 e. The van der Waals surface area contributed by atoms with Gasteiger partial charge in [-0.1, -0.05) is 6.07 Å². The Bertz CT molecular complexity index is 639. The van der Waals surface area contributed by atoms with Gasteiger partial charge in [0.25, 0.3) is 0 Å². The minimum atomic E-state index is 0.921. The SMILES string of the molecule is CNCc1cc(-c2cccc3nccn23)cs1. The molecule has 17 heavy (non-hydrogen) atoms. The third-order valence-electron chi connectivity index (χ3n) is 2.73. The van der Waals surface area contributed by atoms with Gasteiger partial charge in [-0.3, -0.25) is 4.40 Å². The van der Waals surface area contributed by atoms with Gasteiger partial charge in [0, 0.05) is 34.8 Å². The Balaban J connectivity index is 2.10. The molecule has 0 aliphatic heterocycles. The van der Waals surface area contributed by atoms with E-state index in [-0.39, 0.29) is 0 Å². The van der Waals surface area contributed by atoms with Crippen LogP contribution in [0.2, 0.25) is 0 Å². The molecule has 0 spiro atoms. The standard InChI is InChI=1S/C13H13N3S/c1-14-8-11-7-10(9-17-11)12-3-2-4-13-15-5-6-16(12)13/h2-7,9,14H,8H2,1H3. The fraction of sp³-hybridized carbons (Fsp3) is 0.154. The normalized spacial score (nSPS) is 11.1. The first kappa shape index (κ1) is 10.5. The van der Waals surface area contributed by atoms with Crippen molar-refractivity contribution >= 4 is 17.0 Å². The highest BCUT2D eigenvalue weighted by Crippen LogP contribution is 2.26. The van der Waals surface area contributed by atoms with Crippen LogP contribution in [0.25, 0.3) is 16.9 Å². The molecule has 0 aromatic carbocycles. The van der Waals surface area contributed by atoms with E-state index >= 15 is 0 Å². The number of fused-ring (bicyclic) bond motifs is 1. The maximum atomic E-state index is 4.30. The Hall–Kier alpha value is -1.65. The smallest absolute Gasteiger partial charge is 0.137 e. The molecule has 0 aliphatic carbocycles. The van der Waals surface area contributed by atoms with Gasteiger partial charge in [0.1, 0.15) is 5.65 Å². The molecule has 0 bridgehead atoms.